The fraction of sp³-hybridized carbons (Fsp3) is 0.439. The lowest BCUT2D eigenvalue weighted by atomic mass is 9.84. The first-order valence-electron chi connectivity index (χ1n) is 25.0. The van der Waals surface area contributed by atoms with Crippen LogP contribution in [0.3, 0.4) is 0 Å². The second-order valence-electron chi connectivity index (χ2n) is 18.6. The van der Waals surface area contributed by atoms with Crippen molar-refractivity contribution < 1.29 is 38.1 Å². The van der Waals surface area contributed by atoms with Crippen LogP contribution >= 0.6 is 0 Å². The molecule has 2 aliphatic carbocycles. The van der Waals surface area contributed by atoms with Crippen LogP contribution in [0.4, 0.5) is 22.7 Å². The molecule has 370 valence electrons. The van der Waals surface area contributed by atoms with E-state index in [1.54, 1.807) is 97.1 Å². The molecule has 0 atom stereocenters. The maximum Gasteiger partial charge on any atom is 0.338 e. The standard InChI is InChI=1S/C29H38N2O4.C28H36N2O4/c1-2-3-4-5-6-21-9-14-27(15-10-21)35-29(33)24-12-7-22(8-13-24)11-16-28(32)34-20-23-17-25(30)19-26(31)18-23;1-2-3-4-5-20-8-13-26(14-9-20)34-28(32)23-11-6-21(7-12-23)10-15-27(31)33-19-22-16-24(29)18-25(30)17-22/h7-8,11-13,16-19,21,27H,2-6,9-10,14-15,20,30-31H2,1H3;6-7,10-12,15-18,20,26H,2-5,8-9,13-14,19,29-30H2,1H3/b16-11+;15-10+. The largest absolute Gasteiger partial charge is 0.459 e. The van der Waals surface area contributed by atoms with Gasteiger partial charge in [0.25, 0.3) is 0 Å². The summed E-state index contributed by atoms with van der Waals surface area (Å²) in [6.45, 7) is 4.64. The van der Waals surface area contributed by atoms with E-state index >= 15 is 0 Å². The number of rotatable bonds is 21. The molecule has 0 unspecified atom stereocenters. The molecule has 6 rings (SSSR count). The Morgan fingerprint density at radius 3 is 1.19 bits per heavy atom. The van der Waals surface area contributed by atoms with Crippen molar-refractivity contribution >= 4 is 58.8 Å². The van der Waals surface area contributed by atoms with Crippen molar-refractivity contribution in [3.63, 3.8) is 0 Å². The maximum atomic E-state index is 12.6. The van der Waals surface area contributed by atoms with Crippen LogP contribution in [-0.4, -0.2) is 36.1 Å². The van der Waals surface area contributed by atoms with E-state index in [2.05, 4.69) is 13.8 Å². The Kier molecular flexibility index (Phi) is 22.2. The van der Waals surface area contributed by atoms with Crippen LogP contribution in [0, 0.1) is 11.8 Å². The first kappa shape index (κ1) is 53.4. The van der Waals surface area contributed by atoms with Gasteiger partial charge in [0, 0.05) is 34.9 Å². The lowest BCUT2D eigenvalue weighted by Gasteiger charge is -2.28. The van der Waals surface area contributed by atoms with Crippen LogP contribution in [0.25, 0.3) is 12.2 Å². The maximum absolute atomic E-state index is 12.6. The Morgan fingerprint density at radius 1 is 0.478 bits per heavy atom. The van der Waals surface area contributed by atoms with Gasteiger partial charge in [-0.2, -0.15) is 0 Å². The summed E-state index contributed by atoms with van der Waals surface area (Å²) in [4.78, 5) is 49.1. The lowest BCUT2D eigenvalue weighted by Crippen LogP contribution is -2.24. The minimum atomic E-state index is -0.477. The summed E-state index contributed by atoms with van der Waals surface area (Å²) in [5.41, 5.74) is 29.1. The fourth-order valence-corrected chi connectivity index (χ4v) is 8.91. The monoisotopic (exact) mass is 943 g/mol. The van der Waals surface area contributed by atoms with E-state index in [9.17, 15) is 19.2 Å². The molecule has 2 aliphatic rings. The number of hydrogen-bond donors (Lipinski definition) is 4. The third-order valence-electron chi connectivity index (χ3n) is 12.8. The molecule has 12 nitrogen and oxygen atoms in total. The highest BCUT2D eigenvalue weighted by atomic mass is 16.6. The smallest absolute Gasteiger partial charge is 0.338 e. The molecule has 8 N–H and O–H groups in total. The van der Waals surface area contributed by atoms with Crippen LogP contribution in [0.15, 0.2) is 97.1 Å². The van der Waals surface area contributed by atoms with Gasteiger partial charge >= 0.3 is 23.9 Å². The highest BCUT2D eigenvalue weighted by Crippen LogP contribution is 2.32. The number of carbonyl (C=O) groups excluding carboxylic acids is 4. The van der Waals surface area contributed by atoms with Crippen molar-refractivity contribution in [2.45, 2.75) is 148 Å². The van der Waals surface area contributed by atoms with Gasteiger partial charge in [-0.1, -0.05) is 95.9 Å². The van der Waals surface area contributed by atoms with Gasteiger partial charge in [0.05, 0.1) is 11.1 Å². The zero-order valence-electron chi connectivity index (χ0n) is 40.7. The Morgan fingerprint density at radius 2 is 0.826 bits per heavy atom. The van der Waals surface area contributed by atoms with Gasteiger partial charge in [0.15, 0.2) is 0 Å². The average molecular weight is 943 g/mol. The topological polar surface area (TPSA) is 209 Å². The summed E-state index contributed by atoms with van der Waals surface area (Å²) >= 11 is 0. The summed E-state index contributed by atoms with van der Waals surface area (Å²) in [5.74, 6) is 0.0375. The Labute approximate surface area is 409 Å². The van der Waals surface area contributed by atoms with E-state index in [0.29, 0.717) is 33.9 Å². The van der Waals surface area contributed by atoms with Crippen molar-refractivity contribution in [2.75, 3.05) is 22.9 Å². The number of hydrogen-bond acceptors (Lipinski definition) is 12. The number of nitrogen functional groups attached to an aromatic ring is 4. The number of unbranched alkanes of at least 4 members (excludes halogenated alkanes) is 5. The van der Waals surface area contributed by atoms with Gasteiger partial charge in [0.2, 0.25) is 0 Å². The number of benzene rings is 4. The lowest BCUT2D eigenvalue weighted by molar-refractivity contribution is -0.139. The number of esters is 4. The molecule has 0 radical (unpaired) electrons. The van der Waals surface area contributed by atoms with E-state index in [4.69, 9.17) is 41.9 Å². The third kappa shape index (κ3) is 19.9. The van der Waals surface area contributed by atoms with E-state index in [0.717, 1.165) is 85.5 Å². The summed E-state index contributed by atoms with van der Waals surface area (Å²) in [6.07, 6.45) is 26.1. The predicted molar refractivity (Wildman–Crippen MR) is 276 cm³/mol. The minimum absolute atomic E-state index is 0.0130. The van der Waals surface area contributed by atoms with E-state index in [1.807, 2.05) is 0 Å². The third-order valence-corrected chi connectivity index (χ3v) is 12.8. The first-order chi connectivity index (χ1) is 33.3. The molecule has 0 aromatic heterocycles. The SMILES string of the molecule is CCCCCC1CCC(OC(=O)c2ccc(/C=C/C(=O)OCc3cc(N)cc(N)c3)cc2)CC1.CCCCCCC1CCC(OC(=O)c2ccc(/C=C/C(=O)OCc3cc(N)cc(N)c3)cc2)CC1. The normalized spacial score (nSPS) is 17.9. The molecule has 69 heavy (non-hydrogen) atoms. The molecule has 0 saturated heterocycles. The molecule has 0 spiro atoms. The number of carbonyl (C=O) groups is 4. The molecule has 0 amide bonds. The number of nitrogens with two attached hydrogens (primary N) is 4. The van der Waals surface area contributed by atoms with Crippen LogP contribution < -0.4 is 22.9 Å². The zero-order valence-corrected chi connectivity index (χ0v) is 40.7. The van der Waals surface area contributed by atoms with Gasteiger partial charge in [-0.05, 0) is 158 Å². The fourth-order valence-electron chi connectivity index (χ4n) is 8.91. The van der Waals surface area contributed by atoms with Crippen molar-refractivity contribution in [3.8, 4) is 0 Å². The quantitative estimate of drug-likeness (QED) is 0.0202. The molecule has 4 aromatic carbocycles. The highest BCUT2D eigenvalue weighted by Gasteiger charge is 2.25. The molecule has 0 bridgehead atoms. The average Bonchev–Trinajstić information content (AvgIpc) is 3.34. The van der Waals surface area contributed by atoms with Gasteiger partial charge in [-0.15, -0.1) is 0 Å². The van der Waals surface area contributed by atoms with Gasteiger partial charge in [-0.3, -0.25) is 0 Å². The van der Waals surface area contributed by atoms with Crippen molar-refractivity contribution in [3.05, 3.63) is 130 Å². The summed E-state index contributed by atoms with van der Waals surface area (Å²) in [6, 6.07) is 24.2. The summed E-state index contributed by atoms with van der Waals surface area (Å²) in [7, 11) is 0. The highest BCUT2D eigenvalue weighted by molar-refractivity contribution is 5.91. The van der Waals surface area contributed by atoms with Gasteiger partial charge < -0.3 is 41.9 Å². The Bertz CT molecular complexity index is 2250. The van der Waals surface area contributed by atoms with Crippen LogP contribution in [-0.2, 0) is 41.8 Å². The number of anilines is 4. The number of ether oxygens (including phenoxy) is 4. The second-order valence-corrected chi connectivity index (χ2v) is 18.6. The molecule has 0 aliphatic heterocycles. The molecular weight excluding hydrogens is 869 g/mol. The van der Waals surface area contributed by atoms with Crippen molar-refractivity contribution in [1.82, 2.24) is 0 Å². The second kappa shape index (κ2) is 28.7. The molecular formula is C57H74N4O8. The molecule has 0 heterocycles. The molecule has 2 fully saturated rings. The van der Waals surface area contributed by atoms with Crippen LogP contribution in [0.1, 0.15) is 166 Å². The van der Waals surface area contributed by atoms with Crippen molar-refractivity contribution in [2.24, 2.45) is 11.8 Å². The van der Waals surface area contributed by atoms with Gasteiger partial charge in [0.1, 0.15) is 25.4 Å². The van der Waals surface area contributed by atoms with Gasteiger partial charge in [-0.25, -0.2) is 19.2 Å². The first-order valence-corrected chi connectivity index (χ1v) is 25.0. The van der Waals surface area contributed by atoms with E-state index in [1.165, 1.54) is 69.9 Å². The predicted octanol–water partition coefficient (Wildman–Crippen LogP) is 12.2. The van der Waals surface area contributed by atoms with E-state index < -0.39 is 11.9 Å². The molecule has 12 heteroatoms. The zero-order chi connectivity index (χ0) is 49.4. The minimum Gasteiger partial charge on any atom is -0.459 e. The summed E-state index contributed by atoms with van der Waals surface area (Å²) < 4.78 is 21.9. The Balaban J connectivity index is 0.000000258. The Hall–Kier alpha value is -6.56. The summed E-state index contributed by atoms with van der Waals surface area (Å²) in [5, 5.41) is 0. The molecule has 2 saturated carbocycles. The van der Waals surface area contributed by atoms with E-state index in [-0.39, 0.29) is 37.4 Å². The van der Waals surface area contributed by atoms with Crippen LogP contribution in [0.5, 0.6) is 0 Å². The molecule has 4 aromatic rings. The van der Waals surface area contributed by atoms with Crippen molar-refractivity contribution in [1.29, 1.82) is 0 Å². The van der Waals surface area contributed by atoms with Crippen LogP contribution in [0.2, 0.25) is 0 Å².